The summed E-state index contributed by atoms with van der Waals surface area (Å²) in [7, 11) is 0. The molecule has 1 heterocycles. The highest BCUT2D eigenvalue weighted by Gasteiger charge is 1.98. The van der Waals surface area contributed by atoms with E-state index in [-0.39, 0.29) is 0 Å². The minimum Gasteiger partial charge on any atom is -0.349 e. The predicted molar refractivity (Wildman–Crippen MR) is 50.7 cm³/mol. The van der Waals surface area contributed by atoms with Crippen molar-refractivity contribution in [2.45, 2.75) is 0 Å². The molecular weight excluding hydrogens is 216 g/mol. The minimum atomic E-state index is 0.678. The first-order valence-electron chi connectivity index (χ1n) is 3.48. The van der Waals surface area contributed by atoms with Gasteiger partial charge in [0.05, 0.1) is 16.2 Å². The summed E-state index contributed by atoms with van der Waals surface area (Å²) in [6.45, 7) is 0. The molecule has 2 nitrogen and oxygen atoms in total. The molecule has 0 bridgehead atoms. The fourth-order valence-electron chi connectivity index (χ4n) is 1.16. The van der Waals surface area contributed by atoms with Gasteiger partial charge in [0, 0.05) is 10.9 Å². The normalized spacial score (nSPS) is 10.0. The van der Waals surface area contributed by atoms with Gasteiger partial charge in [-0.15, -0.1) is 0 Å². The van der Waals surface area contributed by atoms with Crippen LogP contribution < -0.4 is 0 Å². The van der Waals surface area contributed by atoms with Gasteiger partial charge in [-0.3, -0.25) is 0 Å². The Bertz CT molecular complexity index is 465. The van der Waals surface area contributed by atoms with Crippen LogP contribution >= 0.6 is 15.9 Å². The number of hydrogen-bond acceptors (Lipinski definition) is 1. The molecule has 1 aromatic heterocycles. The molecule has 0 amide bonds. The van der Waals surface area contributed by atoms with Crippen LogP contribution in [0.2, 0.25) is 0 Å². The van der Waals surface area contributed by atoms with Crippen LogP contribution in [0.1, 0.15) is 5.56 Å². The number of aromatic amines is 1. The molecule has 0 radical (unpaired) electrons. The number of H-pyrrole nitrogens is 1. The van der Waals surface area contributed by atoms with Crippen LogP contribution in [0.15, 0.2) is 28.9 Å². The topological polar surface area (TPSA) is 39.6 Å². The second-order valence-electron chi connectivity index (χ2n) is 2.53. The highest BCUT2D eigenvalue weighted by atomic mass is 79.9. The fourth-order valence-corrected chi connectivity index (χ4v) is 1.62. The van der Waals surface area contributed by atoms with Gasteiger partial charge in [0.25, 0.3) is 0 Å². The van der Waals surface area contributed by atoms with Gasteiger partial charge in [-0.25, -0.2) is 0 Å². The Morgan fingerprint density at radius 2 is 2.17 bits per heavy atom. The number of rotatable bonds is 0. The van der Waals surface area contributed by atoms with Crippen molar-refractivity contribution in [1.82, 2.24) is 4.98 Å². The highest BCUT2D eigenvalue weighted by molar-refractivity contribution is 9.10. The predicted octanol–water partition coefficient (Wildman–Crippen LogP) is 2.80. The number of benzene rings is 1. The number of nitriles is 1. The van der Waals surface area contributed by atoms with E-state index in [1.807, 2.05) is 24.3 Å². The Kier molecular flexibility index (Phi) is 1.63. The lowest BCUT2D eigenvalue weighted by atomic mass is 10.2. The van der Waals surface area contributed by atoms with Gasteiger partial charge in [-0.05, 0) is 34.1 Å². The summed E-state index contributed by atoms with van der Waals surface area (Å²) >= 11 is 3.33. The van der Waals surface area contributed by atoms with E-state index < -0.39 is 0 Å². The number of halogens is 1. The molecule has 0 fully saturated rings. The zero-order valence-corrected chi connectivity index (χ0v) is 7.72. The van der Waals surface area contributed by atoms with Crippen molar-refractivity contribution in [2.24, 2.45) is 0 Å². The average Bonchev–Trinajstić information content (AvgIpc) is 2.43. The number of hydrogen-bond donors (Lipinski definition) is 1. The van der Waals surface area contributed by atoms with E-state index in [1.54, 1.807) is 0 Å². The second kappa shape index (κ2) is 2.65. The largest absolute Gasteiger partial charge is 0.349 e. The van der Waals surface area contributed by atoms with Gasteiger partial charge >= 0.3 is 0 Å². The molecule has 2 aromatic rings. The van der Waals surface area contributed by atoms with E-state index in [0.717, 1.165) is 15.5 Å². The molecule has 0 saturated carbocycles. The number of nitrogens with zero attached hydrogens (tertiary/aromatic N) is 1. The minimum absolute atomic E-state index is 0.678. The molecule has 0 atom stereocenters. The maximum Gasteiger partial charge on any atom is 0.0992 e. The van der Waals surface area contributed by atoms with Crippen LogP contribution in [0.5, 0.6) is 0 Å². The SMILES string of the molecule is N#Cc1ccc2cc(Br)[nH]c2c1. The molecule has 0 unspecified atom stereocenters. The Balaban J connectivity index is 2.77. The van der Waals surface area contributed by atoms with Gasteiger partial charge in [-0.1, -0.05) is 6.07 Å². The van der Waals surface area contributed by atoms with Gasteiger partial charge in [0.15, 0.2) is 0 Å². The Morgan fingerprint density at radius 3 is 2.92 bits per heavy atom. The standard InChI is InChI=1S/C9H5BrN2/c10-9-4-7-2-1-6(5-11)3-8(7)12-9/h1-4,12H. The van der Waals surface area contributed by atoms with Gasteiger partial charge in [0.1, 0.15) is 0 Å². The lowest BCUT2D eigenvalue weighted by Crippen LogP contribution is -1.72. The van der Waals surface area contributed by atoms with Crippen molar-refractivity contribution in [2.75, 3.05) is 0 Å². The van der Waals surface area contributed by atoms with Crippen LogP contribution in [0.4, 0.5) is 0 Å². The molecule has 12 heavy (non-hydrogen) atoms. The molecule has 3 heteroatoms. The smallest absolute Gasteiger partial charge is 0.0992 e. The Labute approximate surface area is 77.9 Å². The van der Waals surface area contributed by atoms with Crippen LogP contribution in [-0.4, -0.2) is 4.98 Å². The summed E-state index contributed by atoms with van der Waals surface area (Å²) in [5, 5.41) is 9.74. The first kappa shape index (κ1) is 7.38. The van der Waals surface area contributed by atoms with E-state index >= 15 is 0 Å². The monoisotopic (exact) mass is 220 g/mol. The molecular formula is C9H5BrN2. The Hall–Kier alpha value is -1.27. The summed E-state index contributed by atoms with van der Waals surface area (Å²) in [6.07, 6.45) is 0. The molecule has 0 aliphatic carbocycles. The first-order valence-corrected chi connectivity index (χ1v) is 4.27. The van der Waals surface area contributed by atoms with E-state index in [0.29, 0.717) is 5.56 Å². The first-order chi connectivity index (χ1) is 5.79. The van der Waals surface area contributed by atoms with Gasteiger partial charge in [-0.2, -0.15) is 5.26 Å². The van der Waals surface area contributed by atoms with Crippen LogP contribution in [0, 0.1) is 11.3 Å². The molecule has 58 valence electrons. The lowest BCUT2D eigenvalue weighted by Gasteiger charge is -1.88. The maximum atomic E-state index is 8.63. The van der Waals surface area contributed by atoms with Crippen LogP contribution in [0.25, 0.3) is 10.9 Å². The molecule has 0 aliphatic rings. The zero-order valence-electron chi connectivity index (χ0n) is 6.13. The molecule has 1 N–H and O–H groups in total. The highest BCUT2D eigenvalue weighted by Crippen LogP contribution is 2.19. The van der Waals surface area contributed by atoms with E-state index in [2.05, 4.69) is 27.0 Å². The molecule has 0 saturated heterocycles. The summed E-state index contributed by atoms with van der Waals surface area (Å²) in [6, 6.07) is 9.64. The third kappa shape index (κ3) is 1.10. The zero-order chi connectivity index (χ0) is 8.55. The second-order valence-corrected chi connectivity index (χ2v) is 3.39. The van der Waals surface area contributed by atoms with E-state index in [9.17, 15) is 0 Å². The van der Waals surface area contributed by atoms with Crippen molar-refractivity contribution >= 4 is 26.8 Å². The molecule has 2 rings (SSSR count). The van der Waals surface area contributed by atoms with Crippen molar-refractivity contribution < 1.29 is 0 Å². The van der Waals surface area contributed by atoms with Crippen molar-refractivity contribution in [3.63, 3.8) is 0 Å². The molecule has 0 spiro atoms. The van der Waals surface area contributed by atoms with Crippen LogP contribution in [0.3, 0.4) is 0 Å². The number of nitrogens with one attached hydrogen (secondary N) is 1. The Morgan fingerprint density at radius 1 is 1.33 bits per heavy atom. The summed E-state index contributed by atoms with van der Waals surface area (Å²) < 4.78 is 0.938. The van der Waals surface area contributed by atoms with Gasteiger partial charge < -0.3 is 4.98 Å². The van der Waals surface area contributed by atoms with E-state index in [4.69, 9.17) is 5.26 Å². The molecule has 0 aliphatic heterocycles. The van der Waals surface area contributed by atoms with Crippen LogP contribution in [-0.2, 0) is 0 Å². The average molecular weight is 221 g/mol. The third-order valence-electron chi connectivity index (χ3n) is 1.72. The van der Waals surface area contributed by atoms with Crippen molar-refractivity contribution in [3.05, 3.63) is 34.4 Å². The third-order valence-corrected chi connectivity index (χ3v) is 2.15. The molecule has 1 aromatic carbocycles. The lowest BCUT2D eigenvalue weighted by molar-refractivity contribution is 1.41. The van der Waals surface area contributed by atoms with Crippen molar-refractivity contribution in [3.8, 4) is 6.07 Å². The number of aromatic nitrogens is 1. The summed E-state index contributed by atoms with van der Waals surface area (Å²) in [5.74, 6) is 0. The summed E-state index contributed by atoms with van der Waals surface area (Å²) in [4.78, 5) is 3.10. The number of fused-ring (bicyclic) bond motifs is 1. The van der Waals surface area contributed by atoms with Gasteiger partial charge in [0.2, 0.25) is 0 Å². The maximum absolute atomic E-state index is 8.63. The quantitative estimate of drug-likeness (QED) is 0.729. The summed E-state index contributed by atoms with van der Waals surface area (Å²) in [5.41, 5.74) is 1.66. The van der Waals surface area contributed by atoms with Crippen molar-refractivity contribution in [1.29, 1.82) is 5.26 Å². The fraction of sp³-hybridized carbons (Fsp3) is 0. The van der Waals surface area contributed by atoms with E-state index in [1.165, 1.54) is 0 Å².